The summed E-state index contributed by atoms with van der Waals surface area (Å²) in [7, 11) is -3.75. The van der Waals surface area contributed by atoms with Crippen molar-refractivity contribution in [2.75, 3.05) is 32.7 Å². The predicted octanol–water partition coefficient (Wildman–Crippen LogP) is -0.332. The van der Waals surface area contributed by atoms with E-state index in [1.54, 1.807) is 4.90 Å². The first-order valence-electron chi connectivity index (χ1n) is 8.45. The molecule has 1 fully saturated rings. The van der Waals surface area contributed by atoms with Crippen molar-refractivity contribution in [1.82, 2.24) is 25.4 Å². The van der Waals surface area contributed by atoms with E-state index in [-0.39, 0.29) is 34.6 Å². The Morgan fingerprint density at radius 2 is 1.81 bits per heavy atom. The molecule has 0 unspecified atom stereocenters. The summed E-state index contributed by atoms with van der Waals surface area (Å²) >= 11 is 4.95. The Balaban J connectivity index is 2.08. The van der Waals surface area contributed by atoms with Gasteiger partial charge in [0, 0.05) is 45.2 Å². The second kappa shape index (κ2) is 9.11. The van der Waals surface area contributed by atoms with E-state index < -0.39 is 15.9 Å². The van der Waals surface area contributed by atoms with Crippen molar-refractivity contribution >= 4 is 39.2 Å². The molecule has 2 rings (SSSR count). The second-order valence-corrected chi connectivity index (χ2v) is 8.22. The summed E-state index contributed by atoms with van der Waals surface area (Å²) in [4.78, 5) is 25.2. The molecule has 0 bridgehead atoms. The minimum absolute atomic E-state index is 0.0284. The molecule has 0 spiro atoms. The summed E-state index contributed by atoms with van der Waals surface area (Å²) in [5, 5.41) is 3.08. The summed E-state index contributed by atoms with van der Waals surface area (Å²) in [6.07, 6.45) is 0. The molecule has 0 saturated carbocycles. The van der Waals surface area contributed by atoms with E-state index in [0.29, 0.717) is 19.6 Å². The topological polar surface area (TPSA) is 111 Å². The first-order valence-corrected chi connectivity index (χ1v) is 10.3. The molecule has 2 amide bonds. The monoisotopic (exact) mass is 413 g/mol. The molecule has 0 aromatic heterocycles. The number of carbonyl (C=O) groups is 2. The SMILES string of the molecule is CCNC(=S)NNC(=O)c1cccc(S(=O)(=O)N2CCN(C(C)=O)CC2)c1. The van der Waals surface area contributed by atoms with E-state index in [2.05, 4.69) is 16.2 Å². The summed E-state index contributed by atoms with van der Waals surface area (Å²) in [6, 6.07) is 5.79. The van der Waals surface area contributed by atoms with Gasteiger partial charge < -0.3 is 10.2 Å². The van der Waals surface area contributed by atoms with Crippen LogP contribution in [0.15, 0.2) is 29.2 Å². The number of thiocarbonyl (C=S) groups is 1. The lowest BCUT2D eigenvalue weighted by Crippen LogP contribution is -2.50. The van der Waals surface area contributed by atoms with Crippen molar-refractivity contribution in [3.05, 3.63) is 29.8 Å². The van der Waals surface area contributed by atoms with E-state index in [4.69, 9.17) is 12.2 Å². The molecule has 11 heteroatoms. The molecular formula is C16H23N5O4S2. The molecule has 1 aromatic rings. The fraction of sp³-hybridized carbons (Fsp3) is 0.438. The molecule has 9 nitrogen and oxygen atoms in total. The van der Waals surface area contributed by atoms with Gasteiger partial charge in [0.05, 0.1) is 4.90 Å². The minimum atomic E-state index is -3.75. The molecule has 1 aliphatic heterocycles. The Bertz CT molecular complexity index is 820. The van der Waals surface area contributed by atoms with Gasteiger partial charge in [-0.3, -0.25) is 20.4 Å². The van der Waals surface area contributed by atoms with Crippen LogP contribution in [0.1, 0.15) is 24.2 Å². The summed E-state index contributed by atoms with van der Waals surface area (Å²) in [5.41, 5.74) is 5.14. The predicted molar refractivity (Wildman–Crippen MR) is 104 cm³/mol. The number of hydrogen-bond donors (Lipinski definition) is 3. The van der Waals surface area contributed by atoms with Crippen molar-refractivity contribution in [3.63, 3.8) is 0 Å². The Kier molecular flexibility index (Phi) is 7.11. The molecule has 0 aliphatic carbocycles. The quantitative estimate of drug-likeness (QED) is 0.458. The smallest absolute Gasteiger partial charge is 0.269 e. The number of hydrogen-bond acceptors (Lipinski definition) is 5. The van der Waals surface area contributed by atoms with Crippen LogP contribution in [0.25, 0.3) is 0 Å². The van der Waals surface area contributed by atoms with Crippen molar-refractivity contribution < 1.29 is 18.0 Å². The molecule has 0 radical (unpaired) electrons. The number of piperazine rings is 1. The van der Waals surface area contributed by atoms with Gasteiger partial charge in [-0.2, -0.15) is 4.31 Å². The molecule has 3 N–H and O–H groups in total. The Morgan fingerprint density at radius 3 is 2.41 bits per heavy atom. The molecule has 1 heterocycles. The van der Waals surface area contributed by atoms with Crippen LogP contribution in [-0.4, -0.2) is 67.3 Å². The third-order valence-electron chi connectivity index (χ3n) is 4.04. The van der Waals surface area contributed by atoms with E-state index >= 15 is 0 Å². The van der Waals surface area contributed by atoms with Crippen LogP contribution in [0, 0.1) is 0 Å². The molecule has 0 atom stereocenters. The van der Waals surface area contributed by atoms with Crippen LogP contribution < -0.4 is 16.2 Å². The zero-order valence-corrected chi connectivity index (χ0v) is 16.8. The third-order valence-corrected chi connectivity index (χ3v) is 6.19. The highest BCUT2D eigenvalue weighted by molar-refractivity contribution is 7.89. The Hall–Kier alpha value is -2.24. The first kappa shape index (κ1) is 21.1. The summed E-state index contributed by atoms with van der Waals surface area (Å²) in [6.45, 7) is 5.06. The number of sulfonamides is 1. The number of benzene rings is 1. The maximum atomic E-state index is 12.8. The zero-order valence-electron chi connectivity index (χ0n) is 15.2. The van der Waals surface area contributed by atoms with E-state index in [9.17, 15) is 18.0 Å². The van der Waals surface area contributed by atoms with Crippen molar-refractivity contribution in [3.8, 4) is 0 Å². The molecule has 1 saturated heterocycles. The van der Waals surface area contributed by atoms with Crippen molar-refractivity contribution in [2.24, 2.45) is 0 Å². The average Bonchev–Trinajstić information content (AvgIpc) is 2.66. The standard InChI is InChI=1S/C16H23N5O4S2/c1-3-17-16(26)19-18-15(23)13-5-4-6-14(11-13)27(24,25)21-9-7-20(8-10-21)12(2)22/h4-6,11H,3,7-10H2,1-2H3,(H,18,23)(H2,17,19,26). The van der Waals surface area contributed by atoms with Crippen LogP contribution in [0.5, 0.6) is 0 Å². The van der Waals surface area contributed by atoms with Gasteiger partial charge in [0.25, 0.3) is 5.91 Å². The van der Waals surface area contributed by atoms with Gasteiger partial charge in [0.2, 0.25) is 15.9 Å². The fourth-order valence-corrected chi connectivity index (χ4v) is 4.24. The highest BCUT2D eigenvalue weighted by Gasteiger charge is 2.29. The van der Waals surface area contributed by atoms with Gasteiger partial charge in [0.1, 0.15) is 0 Å². The van der Waals surface area contributed by atoms with Crippen molar-refractivity contribution in [2.45, 2.75) is 18.7 Å². The van der Waals surface area contributed by atoms with Gasteiger partial charge in [-0.15, -0.1) is 0 Å². The molecule has 1 aromatic carbocycles. The maximum Gasteiger partial charge on any atom is 0.269 e. The van der Waals surface area contributed by atoms with Gasteiger partial charge in [-0.1, -0.05) is 6.07 Å². The van der Waals surface area contributed by atoms with Gasteiger partial charge >= 0.3 is 0 Å². The molecule has 1 aliphatic rings. The van der Waals surface area contributed by atoms with Crippen LogP contribution in [0.2, 0.25) is 0 Å². The number of rotatable bonds is 4. The lowest BCUT2D eigenvalue weighted by Gasteiger charge is -2.33. The average molecular weight is 414 g/mol. The highest BCUT2D eigenvalue weighted by Crippen LogP contribution is 2.19. The van der Waals surface area contributed by atoms with Crippen LogP contribution >= 0.6 is 12.2 Å². The van der Waals surface area contributed by atoms with Crippen LogP contribution in [0.3, 0.4) is 0 Å². The lowest BCUT2D eigenvalue weighted by molar-refractivity contribution is -0.129. The number of nitrogens with zero attached hydrogens (tertiary/aromatic N) is 2. The van der Waals surface area contributed by atoms with E-state index in [1.807, 2.05) is 6.92 Å². The van der Waals surface area contributed by atoms with Crippen LogP contribution in [0.4, 0.5) is 0 Å². The number of carbonyl (C=O) groups excluding carboxylic acids is 2. The Labute approximate surface area is 164 Å². The normalized spacial score (nSPS) is 15.1. The number of hydrazine groups is 1. The molecular weight excluding hydrogens is 390 g/mol. The van der Waals surface area contributed by atoms with Gasteiger partial charge in [-0.25, -0.2) is 8.42 Å². The molecule has 148 valence electrons. The third kappa shape index (κ3) is 5.37. The van der Waals surface area contributed by atoms with Gasteiger partial charge in [-0.05, 0) is 37.3 Å². The van der Waals surface area contributed by atoms with E-state index in [0.717, 1.165) is 0 Å². The zero-order chi connectivity index (χ0) is 20.0. The Morgan fingerprint density at radius 1 is 1.15 bits per heavy atom. The second-order valence-electron chi connectivity index (χ2n) is 5.88. The number of amides is 2. The van der Waals surface area contributed by atoms with Gasteiger partial charge in [0.15, 0.2) is 5.11 Å². The summed E-state index contributed by atoms with van der Waals surface area (Å²) < 4.78 is 27.0. The lowest BCUT2D eigenvalue weighted by atomic mass is 10.2. The highest BCUT2D eigenvalue weighted by atomic mass is 32.2. The van der Waals surface area contributed by atoms with E-state index in [1.165, 1.54) is 35.5 Å². The largest absolute Gasteiger partial charge is 0.362 e. The van der Waals surface area contributed by atoms with Crippen molar-refractivity contribution in [1.29, 1.82) is 0 Å². The first-order chi connectivity index (χ1) is 12.8. The molecule has 27 heavy (non-hydrogen) atoms. The number of nitrogens with one attached hydrogen (secondary N) is 3. The summed E-state index contributed by atoms with van der Waals surface area (Å²) in [5.74, 6) is -0.581. The maximum absolute atomic E-state index is 12.8. The fourth-order valence-electron chi connectivity index (χ4n) is 2.58. The van der Waals surface area contributed by atoms with Crippen LogP contribution in [-0.2, 0) is 14.8 Å². The minimum Gasteiger partial charge on any atom is -0.362 e.